The minimum Gasteiger partial charge on any atom is -0.507 e. The molecule has 0 spiro atoms. The Balaban J connectivity index is 1.20. The summed E-state index contributed by atoms with van der Waals surface area (Å²) in [5, 5.41) is 29.5. The van der Waals surface area contributed by atoms with Crippen LogP contribution < -0.4 is 10.2 Å². The van der Waals surface area contributed by atoms with Crippen molar-refractivity contribution in [3.63, 3.8) is 0 Å². The van der Waals surface area contributed by atoms with Crippen molar-refractivity contribution >= 4 is 5.95 Å². The predicted molar refractivity (Wildman–Crippen MR) is 117 cm³/mol. The number of aromatic hydroxyl groups is 1. The van der Waals surface area contributed by atoms with E-state index in [1.807, 2.05) is 12.1 Å². The summed E-state index contributed by atoms with van der Waals surface area (Å²) in [5.74, 6) is 1.35. The number of benzene rings is 1. The second kappa shape index (κ2) is 8.99. The van der Waals surface area contributed by atoms with Crippen LogP contribution in [0.5, 0.6) is 5.75 Å². The van der Waals surface area contributed by atoms with Gasteiger partial charge in [-0.1, -0.05) is 6.07 Å². The number of hydrogen-bond donors (Lipinski definition) is 3. The van der Waals surface area contributed by atoms with Gasteiger partial charge in [0.1, 0.15) is 11.4 Å². The lowest BCUT2D eigenvalue weighted by Crippen LogP contribution is -2.40. The first-order chi connectivity index (χ1) is 15.3. The fourth-order valence-electron chi connectivity index (χ4n) is 4.29. The maximum absolute atomic E-state index is 10.5. The number of hydrogen-bond acceptors (Lipinski definition) is 8. The van der Waals surface area contributed by atoms with Crippen LogP contribution in [0, 0.1) is 5.92 Å². The number of phenols is 1. The minimum absolute atomic E-state index is 0.140. The van der Waals surface area contributed by atoms with Crippen molar-refractivity contribution in [2.24, 2.45) is 5.92 Å². The molecule has 2 aliphatic rings. The van der Waals surface area contributed by atoms with Gasteiger partial charge in [-0.3, -0.25) is 5.10 Å². The maximum atomic E-state index is 10.5. The summed E-state index contributed by atoms with van der Waals surface area (Å²) in [6, 6.07) is 5.93. The molecule has 2 unspecified atom stereocenters. The fourth-order valence-corrected chi connectivity index (χ4v) is 4.29. The third kappa shape index (κ3) is 4.52. The normalized spacial score (nSPS) is 21.5. The summed E-state index contributed by atoms with van der Waals surface area (Å²) >= 11 is 0. The van der Waals surface area contributed by atoms with Gasteiger partial charge in [0.05, 0.1) is 19.0 Å². The molecule has 2 saturated heterocycles. The number of nitrogens with one attached hydrogen (secondary N) is 2. The lowest BCUT2D eigenvalue weighted by molar-refractivity contribution is 0.0694. The largest absolute Gasteiger partial charge is 0.507 e. The summed E-state index contributed by atoms with van der Waals surface area (Å²) in [4.78, 5) is 6.70. The molecule has 3 N–H and O–H groups in total. The molecule has 1 aromatic carbocycles. The Labute approximate surface area is 180 Å². The highest BCUT2D eigenvalue weighted by atomic mass is 16.5. The van der Waals surface area contributed by atoms with Gasteiger partial charge in [0.15, 0.2) is 0 Å². The number of ether oxygens (including phenoxy) is 1. The van der Waals surface area contributed by atoms with Crippen molar-refractivity contribution in [1.29, 1.82) is 0 Å². The highest BCUT2D eigenvalue weighted by Crippen LogP contribution is 2.32. The minimum atomic E-state index is 0.140. The molecule has 31 heavy (non-hydrogen) atoms. The van der Waals surface area contributed by atoms with E-state index in [4.69, 9.17) is 4.74 Å². The third-order valence-corrected chi connectivity index (χ3v) is 6.08. The molecule has 4 heterocycles. The molecule has 9 heteroatoms. The molecule has 2 aliphatic heterocycles. The molecule has 0 aliphatic carbocycles. The Morgan fingerprint density at radius 2 is 2.16 bits per heavy atom. The number of rotatable bonds is 6. The van der Waals surface area contributed by atoms with Gasteiger partial charge in [-0.2, -0.15) is 5.10 Å². The number of H-pyrrole nitrogens is 1. The Kier molecular flexibility index (Phi) is 5.77. The maximum Gasteiger partial charge on any atom is 0.245 e. The van der Waals surface area contributed by atoms with E-state index in [1.54, 1.807) is 24.7 Å². The van der Waals surface area contributed by atoms with Gasteiger partial charge in [0, 0.05) is 49.6 Å². The Hall–Kier alpha value is -3.04. The smallest absolute Gasteiger partial charge is 0.245 e. The quantitative estimate of drug-likeness (QED) is 0.556. The molecule has 2 fully saturated rings. The molecular weight excluding hydrogens is 394 g/mol. The Bertz CT molecular complexity index is 988. The van der Waals surface area contributed by atoms with Crippen LogP contribution in [0.15, 0.2) is 36.8 Å². The lowest BCUT2D eigenvalue weighted by atomic mass is 10.0. The SMILES string of the molecule is Oc1cc(-c2cn[nH]c2)ccc1-c1cnc(N2CCC(CNC3CCCOC3)C2)nn1. The first-order valence-electron chi connectivity index (χ1n) is 10.8. The average molecular weight is 422 g/mol. The van der Waals surface area contributed by atoms with Gasteiger partial charge < -0.3 is 20.1 Å². The van der Waals surface area contributed by atoms with Gasteiger partial charge in [-0.25, -0.2) is 4.98 Å². The molecule has 2 atom stereocenters. The topological polar surface area (TPSA) is 112 Å². The van der Waals surface area contributed by atoms with Crippen LogP contribution in [-0.2, 0) is 4.74 Å². The highest BCUT2D eigenvalue weighted by Gasteiger charge is 2.26. The molecule has 0 saturated carbocycles. The van der Waals surface area contributed by atoms with Crippen LogP contribution in [0.1, 0.15) is 19.3 Å². The van der Waals surface area contributed by atoms with Crippen molar-refractivity contribution in [3.8, 4) is 28.1 Å². The van der Waals surface area contributed by atoms with E-state index in [9.17, 15) is 5.11 Å². The summed E-state index contributed by atoms with van der Waals surface area (Å²) in [7, 11) is 0. The van der Waals surface area contributed by atoms with Crippen LogP contribution >= 0.6 is 0 Å². The first kappa shape index (κ1) is 19.9. The molecule has 162 valence electrons. The monoisotopic (exact) mass is 421 g/mol. The van der Waals surface area contributed by atoms with E-state index >= 15 is 0 Å². The highest BCUT2D eigenvalue weighted by molar-refractivity contribution is 5.73. The molecule has 0 radical (unpaired) electrons. The molecule has 0 bridgehead atoms. The summed E-state index contributed by atoms with van der Waals surface area (Å²) in [5.41, 5.74) is 2.95. The second-order valence-corrected chi connectivity index (χ2v) is 8.29. The lowest BCUT2D eigenvalue weighted by Gasteiger charge is -2.24. The molecule has 9 nitrogen and oxygen atoms in total. The van der Waals surface area contributed by atoms with E-state index in [0.717, 1.165) is 56.8 Å². The van der Waals surface area contributed by atoms with E-state index in [-0.39, 0.29) is 5.75 Å². The van der Waals surface area contributed by atoms with Gasteiger partial charge in [0.25, 0.3) is 0 Å². The number of anilines is 1. The number of aromatic nitrogens is 5. The van der Waals surface area contributed by atoms with E-state index in [2.05, 4.69) is 35.6 Å². The fraction of sp³-hybridized carbons (Fsp3) is 0.455. The van der Waals surface area contributed by atoms with Gasteiger partial charge in [-0.15, -0.1) is 10.2 Å². The van der Waals surface area contributed by atoms with Gasteiger partial charge in [0.2, 0.25) is 5.95 Å². The number of aromatic amines is 1. The van der Waals surface area contributed by atoms with Crippen molar-refractivity contribution in [1.82, 2.24) is 30.7 Å². The second-order valence-electron chi connectivity index (χ2n) is 8.29. The Morgan fingerprint density at radius 1 is 1.19 bits per heavy atom. The van der Waals surface area contributed by atoms with Crippen molar-refractivity contribution < 1.29 is 9.84 Å². The van der Waals surface area contributed by atoms with Gasteiger partial charge in [-0.05, 0) is 42.9 Å². The molecule has 0 amide bonds. The zero-order chi connectivity index (χ0) is 21.0. The zero-order valence-electron chi connectivity index (χ0n) is 17.4. The summed E-state index contributed by atoms with van der Waals surface area (Å²) in [6.45, 7) is 4.56. The van der Waals surface area contributed by atoms with E-state index < -0.39 is 0 Å². The Morgan fingerprint density at radius 3 is 2.90 bits per heavy atom. The van der Waals surface area contributed by atoms with Crippen LogP contribution in [-0.4, -0.2) is 69.4 Å². The third-order valence-electron chi connectivity index (χ3n) is 6.08. The van der Waals surface area contributed by atoms with Gasteiger partial charge >= 0.3 is 0 Å². The van der Waals surface area contributed by atoms with Crippen molar-refractivity contribution in [3.05, 3.63) is 36.8 Å². The average Bonchev–Trinajstić information content (AvgIpc) is 3.51. The molecular formula is C22H27N7O2. The van der Waals surface area contributed by atoms with Crippen LogP contribution in [0.2, 0.25) is 0 Å². The zero-order valence-corrected chi connectivity index (χ0v) is 17.4. The van der Waals surface area contributed by atoms with E-state index in [1.165, 1.54) is 6.42 Å². The predicted octanol–water partition coefficient (Wildman–Crippen LogP) is 2.23. The molecule has 2 aromatic heterocycles. The molecule has 3 aromatic rings. The molecule has 5 rings (SSSR count). The van der Waals surface area contributed by atoms with Crippen molar-refractivity contribution in [2.45, 2.75) is 25.3 Å². The summed E-state index contributed by atoms with van der Waals surface area (Å²) < 4.78 is 5.55. The van der Waals surface area contributed by atoms with Crippen LogP contribution in [0.4, 0.5) is 5.95 Å². The first-order valence-corrected chi connectivity index (χ1v) is 10.8. The summed E-state index contributed by atoms with van der Waals surface area (Å²) in [6.07, 6.45) is 8.63. The number of phenolic OH excluding ortho intramolecular Hbond substituents is 1. The van der Waals surface area contributed by atoms with E-state index in [0.29, 0.717) is 29.2 Å². The van der Waals surface area contributed by atoms with Crippen LogP contribution in [0.25, 0.3) is 22.4 Å². The number of nitrogens with zero attached hydrogens (tertiary/aromatic N) is 5. The van der Waals surface area contributed by atoms with Crippen LogP contribution in [0.3, 0.4) is 0 Å². The standard InChI is InChI=1S/C22H27N7O2/c30-21-8-16(17-10-25-26-11-17)3-4-19(21)20-12-24-22(28-27-20)29-6-5-15(13-29)9-23-18-2-1-7-31-14-18/h3-4,8,10-12,15,18,23,30H,1-2,5-7,9,13-14H2,(H,25,26). The van der Waals surface area contributed by atoms with Crippen molar-refractivity contribution in [2.75, 3.05) is 37.7 Å².